The topological polar surface area (TPSA) is 113 Å². The summed E-state index contributed by atoms with van der Waals surface area (Å²) in [6, 6.07) is 0. The van der Waals surface area contributed by atoms with Gasteiger partial charge >= 0.3 is 5.97 Å². The van der Waals surface area contributed by atoms with Crippen LogP contribution in [-0.4, -0.2) is 52.9 Å². The zero-order valence-corrected chi connectivity index (χ0v) is 26.7. The molecule has 0 saturated heterocycles. The first-order valence-corrected chi connectivity index (χ1v) is 15.7. The van der Waals surface area contributed by atoms with Gasteiger partial charge in [0.2, 0.25) is 0 Å². The second-order valence-electron chi connectivity index (χ2n) is 12.3. The number of ether oxygens (including phenoxy) is 1. The minimum absolute atomic E-state index is 0.0279. The van der Waals surface area contributed by atoms with Crippen molar-refractivity contribution in [2.24, 2.45) is 31.8 Å². The highest BCUT2D eigenvalue weighted by Crippen LogP contribution is 2.45. The summed E-state index contributed by atoms with van der Waals surface area (Å²) < 4.78 is 4.97. The number of Topliss-reactive ketones (excluding diaryl/α,β-unsaturated/α-hetero) is 1. The summed E-state index contributed by atoms with van der Waals surface area (Å²) >= 11 is 0. The molecule has 8 bridgehead atoms. The summed E-state index contributed by atoms with van der Waals surface area (Å²) in [5, 5.41) is 10.8. The molecule has 1 aliphatic carbocycles. The highest BCUT2D eigenvalue weighted by molar-refractivity contribution is 6.38. The van der Waals surface area contributed by atoms with E-state index in [-0.39, 0.29) is 36.4 Å². The maximum Gasteiger partial charge on any atom is 0.305 e. The van der Waals surface area contributed by atoms with Crippen molar-refractivity contribution in [2.45, 2.75) is 86.2 Å². The van der Waals surface area contributed by atoms with Crippen molar-refractivity contribution in [3.63, 3.8) is 0 Å². The zero-order valence-electron chi connectivity index (χ0n) is 26.7. The smallest absolute Gasteiger partial charge is 0.305 e. The summed E-state index contributed by atoms with van der Waals surface area (Å²) in [5.74, 6) is -0.324. The molecule has 228 valence electrons. The third-order valence-electron chi connectivity index (χ3n) is 9.64. The molecule has 1 N–H and O–H groups in total. The molecule has 0 spiro atoms. The molecule has 8 nitrogen and oxygen atoms in total. The number of aliphatic hydroxyl groups is 1. The predicted octanol–water partition coefficient (Wildman–Crippen LogP) is 6.42. The number of aliphatic hydroxyl groups excluding tert-OH is 1. The molecule has 3 atom stereocenters. The largest absolute Gasteiger partial charge is 0.469 e. The Labute approximate surface area is 258 Å². The number of ketones is 1. The predicted molar refractivity (Wildman–Crippen MR) is 174 cm³/mol. The van der Waals surface area contributed by atoms with Crippen molar-refractivity contribution in [3.05, 3.63) is 80.0 Å². The van der Waals surface area contributed by atoms with Gasteiger partial charge in [0, 0.05) is 47.1 Å². The van der Waals surface area contributed by atoms with Crippen LogP contribution < -0.4 is 0 Å². The first-order valence-electron chi connectivity index (χ1n) is 15.7. The third kappa shape index (κ3) is 4.80. The summed E-state index contributed by atoms with van der Waals surface area (Å²) in [5.41, 5.74) is 12.7. The monoisotopic (exact) mass is 592 g/mol. The van der Waals surface area contributed by atoms with E-state index in [9.17, 15) is 14.7 Å². The Bertz CT molecular complexity index is 1750. The number of esters is 1. The maximum absolute atomic E-state index is 13.6. The molecule has 0 amide bonds. The van der Waals surface area contributed by atoms with Gasteiger partial charge in [-0.2, -0.15) is 0 Å². The fourth-order valence-corrected chi connectivity index (χ4v) is 7.27. The van der Waals surface area contributed by atoms with Crippen molar-refractivity contribution in [1.82, 2.24) is 0 Å². The van der Waals surface area contributed by atoms with Crippen LogP contribution in [0, 0.1) is 11.8 Å². The summed E-state index contributed by atoms with van der Waals surface area (Å²) in [6.45, 7) is 12.2. The molecule has 0 aromatic heterocycles. The number of carbonyl (C=O) groups excluding carboxylic acids is 2. The lowest BCUT2D eigenvalue weighted by atomic mass is 9.84. The van der Waals surface area contributed by atoms with E-state index >= 15 is 0 Å². The van der Waals surface area contributed by atoms with Crippen molar-refractivity contribution in [3.8, 4) is 0 Å². The molecular formula is C36H40N4O4. The summed E-state index contributed by atoms with van der Waals surface area (Å²) in [4.78, 5) is 46.2. The first kappa shape index (κ1) is 30.0. The van der Waals surface area contributed by atoms with E-state index in [2.05, 4.69) is 27.7 Å². The van der Waals surface area contributed by atoms with E-state index in [1.807, 2.05) is 25.2 Å². The van der Waals surface area contributed by atoms with Gasteiger partial charge in [-0.25, -0.2) is 15.0 Å². The van der Waals surface area contributed by atoms with Crippen molar-refractivity contribution in [1.29, 1.82) is 0 Å². The number of rotatable bonds is 7. The van der Waals surface area contributed by atoms with Gasteiger partial charge in [0.1, 0.15) is 0 Å². The number of hydrogen-bond donors (Lipinski definition) is 1. The highest BCUT2D eigenvalue weighted by Gasteiger charge is 2.43. The Morgan fingerprint density at radius 1 is 1.00 bits per heavy atom. The molecule has 0 radical (unpaired) electrons. The van der Waals surface area contributed by atoms with E-state index in [0.29, 0.717) is 29.8 Å². The SMILES string of the molecule is CCCC1=C(C)C2=CC3=NC(=CC4=NC(=C5CC(=O)C6=C(CC)C(=CC1=N2)N=C56)[C@@H](CCC(=O)OC)[C@@H]4C)C(C)=C3[C@@H](C)O. The first-order chi connectivity index (χ1) is 21.1. The Morgan fingerprint density at radius 3 is 2.39 bits per heavy atom. The maximum atomic E-state index is 13.6. The van der Waals surface area contributed by atoms with Crippen molar-refractivity contribution >= 4 is 34.6 Å². The molecule has 6 rings (SSSR count). The molecule has 0 unspecified atom stereocenters. The molecule has 44 heavy (non-hydrogen) atoms. The average molecular weight is 593 g/mol. The van der Waals surface area contributed by atoms with Crippen LogP contribution in [0.5, 0.6) is 0 Å². The molecule has 0 aromatic carbocycles. The van der Waals surface area contributed by atoms with E-state index in [0.717, 1.165) is 80.5 Å². The lowest BCUT2D eigenvalue weighted by molar-refractivity contribution is -0.140. The number of methoxy groups -OCH3 is 1. The van der Waals surface area contributed by atoms with Crippen molar-refractivity contribution in [2.75, 3.05) is 7.11 Å². The minimum Gasteiger partial charge on any atom is -0.469 e. The van der Waals surface area contributed by atoms with Gasteiger partial charge in [0.25, 0.3) is 0 Å². The van der Waals surface area contributed by atoms with Crippen LogP contribution in [0.25, 0.3) is 0 Å². The second-order valence-corrected chi connectivity index (χ2v) is 12.3. The van der Waals surface area contributed by atoms with Gasteiger partial charge in [0.15, 0.2) is 5.78 Å². The van der Waals surface area contributed by atoms with Crippen LogP contribution in [-0.2, 0) is 14.3 Å². The van der Waals surface area contributed by atoms with E-state index < -0.39 is 6.10 Å². The normalized spacial score (nSPS) is 24.9. The molecule has 0 aromatic rings. The van der Waals surface area contributed by atoms with Crippen LogP contribution in [0.1, 0.15) is 80.1 Å². The van der Waals surface area contributed by atoms with Crippen molar-refractivity contribution < 1.29 is 19.4 Å². The number of hydrogen-bond acceptors (Lipinski definition) is 8. The number of aliphatic imine (C=N–C) groups is 4. The number of allylic oxidation sites excluding steroid dienone is 10. The Balaban J connectivity index is 1.63. The van der Waals surface area contributed by atoms with E-state index in [1.165, 1.54) is 7.11 Å². The zero-order chi connectivity index (χ0) is 31.4. The van der Waals surface area contributed by atoms with Gasteiger partial charge in [-0.1, -0.05) is 27.2 Å². The highest BCUT2D eigenvalue weighted by atomic mass is 16.5. The summed E-state index contributed by atoms with van der Waals surface area (Å²) in [6.07, 6.45) is 8.84. The molecule has 5 aliphatic heterocycles. The number of carbonyl (C=O) groups is 2. The quantitative estimate of drug-likeness (QED) is 0.344. The Morgan fingerprint density at radius 2 is 1.70 bits per heavy atom. The molecule has 6 aliphatic rings. The standard InChI is InChI=1S/C36H40N4O4/c1-8-10-22-17(3)25-15-30-33(20(6)41)19(5)27(38-30)14-26-18(4)23(11-12-32(43)44-7)35(39-26)24-13-31(42)34-21(9-2)28(40-36(24)34)16-29(22)37-25/h14-16,18,20,23,41H,8-13H2,1-7H3/t18-,20+,23-/m0/s1. The lowest BCUT2D eigenvalue weighted by Gasteiger charge is -2.18. The van der Waals surface area contributed by atoms with Gasteiger partial charge in [-0.3, -0.25) is 14.6 Å². The minimum atomic E-state index is -0.718. The molecule has 1 fully saturated rings. The average Bonchev–Trinajstić information content (AvgIpc) is 3.74. The van der Waals surface area contributed by atoms with Crippen LogP contribution in [0.2, 0.25) is 0 Å². The van der Waals surface area contributed by atoms with Gasteiger partial charge in [-0.15, -0.1) is 0 Å². The third-order valence-corrected chi connectivity index (χ3v) is 9.64. The number of nitrogens with zero attached hydrogens (tertiary/aromatic N) is 4. The molecule has 5 heterocycles. The van der Waals surface area contributed by atoms with Gasteiger partial charge in [0.05, 0.1) is 53.1 Å². The van der Waals surface area contributed by atoms with Gasteiger partial charge < -0.3 is 9.84 Å². The molecular weight excluding hydrogens is 552 g/mol. The molecule has 8 heteroatoms. The van der Waals surface area contributed by atoms with Crippen LogP contribution in [0.3, 0.4) is 0 Å². The number of fused-ring (bicyclic) bond motifs is 4. The van der Waals surface area contributed by atoms with E-state index in [4.69, 9.17) is 24.7 Å². The fourth-order valence-electron chi connectivity index (χ4n) is 7.27. The van der Waals surface area contributed by atoms with E-state index in [1.54, 1.807) is 6.92 Å². The van der Waals surface area contributed by atoms with Crippen LogP contribution >= 0.6 is 0 Å². The Hall–Kier alpha value is -4.04. The second kappa shape index (κ2) is 11.5. The van der Waals surface area contributed by atoms with Gasteiger partial charge in [-0.05, 0) is 80.6 Å². The van der Waals surface area contributed by atoms with Crippen LogP contribution in [0.4, 0.5) is 0 Å². The summed E-state index contributed by atoms with van der Waals surface area (Å²) in [7, 11) is 1.40. The Kier molecular flexibility index (Phi) is 7.82. The van der Waals surface area contributed by atoms with Crippen LogP contribution in [0.15, 0.2) is 100.0 Å². The lowest BCUT2D eigenvalue weighted by Crippen LogP contribution is -2.17. The molecule has 1 saturated carbocycles. The fraction of sp³-hybridized carbons (Fsp3) is 0.444.